The SMILES string of the molecule is COc1cccc2c(=O)n(CC(C)(C)C)c(=O)[nH]c12. The Balaban J connectivity index is 2.77. The standard InChI is InChI=1S/C14H18N2O3/c1-14(2,3)8-16-12(17)9-6-5-7-10(19-4)11(9)15-13(16)18/h5-7H,8H2,1-4H3,(H,15,18). The molecule has 0 amide bonds. The van der Waals surface area contributed by atoms with Crippen LogP contribution < -0.4 is 16.0 Å². The van der Waals surface area contributed by atoms with Gasteiger partial charge in [-0.3, -0.25) is 9.36 Å². The molecule has 1 N–H and O–H groups in total. The van der Waals surface area contributed by atoms with Crippen molar-refractivity contribution in [2.75, 3.05) is 7.11 Å². The maximum atomic E-state index is 12.4. The van der Waals surface area contributed by atoms with Crippen LogP contribution in [0.25, 0.3) is 10.9 Å². The summed E-state index contributed by atoms with van der Waals surface area (Å²) in [4.78, 5) is 27.2. The van der Waals surface area contributed by atoms with E-state index in [4.69, 9.17) is 4.74 Å². The summed E-state index contributed by atoms with van der Waals surface area (Å²) in [5.74, 6) is 0.495. The van der Waals surface area contributed by atoms with E-state index in [-0.39, 0.29) is 11.0 Å². The predicted molar refractivity (Wildman–Crippen MR) is 74.8 cm³/mol. The Kier molecular flexibility index (Phi) is 3.22. The monoisotopic (exact) mass is 262 g/mol. The third kappa shape index (κ3) is 2.54. The number of methoxy groups -OCH3 is 1. The smallest absolute Gasteiger partial charge is 0.328 e. The second kappa shape index (κ2) is 4.57. The number of hydrogen-bond acceptors (Lipinski definition) is 3. The van der Waals surface area contributed by atoms with Gasteiger partial charge in [-0.15, -0.1) is 0 Å². The number of aromatic nitrogens is 2. The van der Waals surface area contributed by atoms with E-state index < -0.39 is 5.69 Å². The van der Waals surface area contributed by atoms with Crippen molar-refractivity contribution in [3.05, 3.63) is 39.0 Å². The third-order valence-corrected chi connectivity index (χ3v) is 2.83. The summed E-state index contributed by atoms with van der Waals surface area (Å²) in [6.07, 6.45) is 0. The van der Waals surface area contributed by atoms with Crippen molar-refractivity contribution in [2.45, 2.75) is 27.3 Å². The van der Waals surface area contributed by atoms with Gasteiger partial charge in [0.05, 0.1) is 18.0 Å². The molecule has 2 aromatic rings. The zero-order valence-corrected chi connectivity index (χ0v) is 11.6. The molecule has 0 aliphatic carbocycles. The van der Waals surface area contributed by atoms with Gasteiger partial charge in [0.2, 0.25) is 0 Å². The number of aromatic amines is 1. The van der Waals surface area contributed by atoms with Crippen LogP contribution in [-0.4, -0.2) is 16.7 Å². The normalized spacial score (nSPS) is 11.8. The van der Waals surface area contributed by atoms with E-state index in [1.54, 1.807) is 18.2 Å². The van der Waals surface area contributed by atoms with Gasteiger partial charge < -0.3 is 9.72 Å². The summed E-state index contributed by atoms with van der Waals surface area (Å²) >= 11 is 0. The first-order valence-electron chi connectivity index (χ1n) is 6.13. The molecule has 102 valence electrons. The third-order valence-electron chi connectivity index (χ3n) is 2.83. The Morgan fingerprint density at radius 3 is 2.53 bits per heavy atom. The van der Waals surface area contributed by atoms with Gasteiger partial charge in [0.1, 0.15) is 5.75 Å². The van der Waals surface area contributed by atoms with Crippen LogP contribution in [0.1, 0.15) is 20.8 Å². The van der Waals surface area contributed by atoms with Crippen LogP contribution in [0.2, 0.25) is 0 Å². The Morgan fingerprint density at radius 2 is 1.95 bits per heavy atom. The molecule has 5 nitrogen and oxygen atoms in total. The quantitative estimate of drug-likeness (QED) is 0.896. The van der Waals surface area contributed by atoms with Crippen LogP contribution in [0.5, 0.6) is 5.75 Å². The first-order valence-corrected chi connectivity index (χ1v) is 6.13. The summed E-state index contributed by atoms with van der Waals surface area (Å²) < 4.78 is 6.40. The summed E-state index contributed by atoms with van der Waals surface area (Å²) in [5, 5.41) is 0.461. The molecule has 1 heterocycles. The number of benzene rings is 1. The van der Waals surface area contributed by atoms with Crippen molar-refractivity contribution >= 4 is 10.9 Å². The van der Waals surface area contributed by atoms with Crippen LogP contribution in [0.15, 0.2) is 27.8 Å². The van der Waals surface area contributed by atoms with E-state index in [0.717, 1.165) is 0 Å². The summed E-state index contributed by atoms with van der Waals surface area (Å²) in [5.41, 5.74) is -0.390. The summed E-state index contributed by atoms with van der Waals surface area (Å²) in [7, 11) is 1.51. The van der Waals surface area contributed by atoms with Gasteiger partial charge in [-0.1, -0.05) is 26.8 Å². The number of H-pyrrole nitrogens is 1. The van der Waals surface area contributed by atoms with Gasteiger partial charge >= 0.3 is 5.69 Å². The van der Waals surface area contributed by atoms with Crippen LogP contribution in [0, 0.1) is 5.41 Å². The fraction of sp³-hybridized carbons (Fsp3) is 0.429. The maximum Gasteiger partial charge on any atom is 0.328 e. The molecule has 0 atom stereocenters. The van der Waals surface area contributed by atoms with Crippen LogP contribution >= 0.6 is 0 Å². The highest BCUT2D eigenvalue weighted by molar-refractivity contribution is 5.83. The number of para-hydroxylation sites is 1. The molecule has 0 bridgehead atoms. The minimum Gasteiger partial charge on any atom is -0.495 e. The van der Waals surface area contributed by atoms with Crippen molar-refractivity contribution in [1.82, 2.24) is 9.55 Å². The van der Waals surface area contributed by atoms with Gasteiger partial charge in [-0.25, -0.2) is 4.79 Å². The molecule has 19 heavy (non-hydrogen) atoms. The molecule has 0 aliphatic rings. The molecule has 0 saturated carbocycles. The first-order chi connectivity index (χ1) is 8.83. The van der Waals surface area contributed by atoms with Gasteiger partial charge in [0, 0.05) is 6.54 Å². The number of nitrogens with one attached hydrogen (secondary N) is 1. The Hall–Kier alpha value is -2.04. The highest BCUT2D eigenvalue weighted by Gasteiger charge is 2.17. The highest BCUT2D eigenvalue weighted by atomic mass is 16.5. The topological polar surface area (TPSA) is 64.1 Å². The molecule has 0 radical (unpaired) electrons. The van der Waals surface area contributed by atoms with Crippen LogP contribution in [0.4, 0.5) is 0 Å². The van der Waals surface area contributed by atoms with E-state index in [9.17, 15) is 9.59 Å². The van der Waals surface area contributed by atoms with Gasteiger partial charge in [0.25, 0.3) is 5.56 Å². The van der Waals surface area contributed by atoms with Crippen LogP contribution in [-0.2, 0) is 6.54 Å². The Morgan fingerprint density at radius 1 is 1.26 bits per heavy atom. The molecule has 0 unspecified atom stereocenters. The predicted octanol–water partition coefficient (Wildman–Crippen LogP) is 1.74. The molecule has 0 spiro atoms. The van der Waals surface area contributed by atoms with Crippen molar-refractivity contribution in [3.8, 4) is 5.75 Å². The molecular formula is C14H18N2O3. The fourth-order valence-corrected chi connectivity index (χ4v) is 2.04. The lowest BCUT2D eigenvalue weighted by Crippen LogP contribution is -2.38. The van der Waals surface area contributed by atoms with Crippen molar-refractivity contribution in [2.24, 2.45) is 5.41 Å². The molecule has 1 aromatic carbocycles. The zero-order chi connectivity index (χ0) is 14.2. The van der Waals surface area contributed by atoms with Crippen molar-refractivity contribution in [1.29, 1.82) is 0 Å². The van der Waals surface area contributed by atoms with E-state index >= 15 is 0 Å². The Bertz CT molecular complexity index is 720. The molecule has 5 heteroatoms. The average molecular weight is 262 g/mol. The van der Waals surface area contributed by atoms with Gasteiger partial charge in [-0.2, -0.15) is 0 Å². The summed E-state index contributed by atoms with van der Waals surface area (Å²) in [6, 6.07) is 5.14. The number of nitrogens with zero attached hydrogens (tertiary/aromatic N) is 1. The number of hydrogen-bond donors (Lipinski definition) is 1. The van der Waals surface area contributed by atoms with Gasteiger partial charge in [-0.05, 0) is 17.5 Å². The second-order valence-electron chi connectivity index (χ2n) is 5.76. The molecule has 0 saturated heterocycles. The lowest BCUT2D eigenvalue weighted by molar-refractivity contribution is 0.332. The van der Waals surface area contributed by atoms with E-state index in [2.05, 4.69) is 4.98 Å². The highest BCUT2D eigenvalue weighted by Crippen LogP contribution is 2.20. The van der Waals surface area contributed by atoms with E-state index in [1.807, 2.05) is 20.8 Å². The van der Waals surface area contributed by atoms with E-state index in [0.29, 0.717) is 23.2 Å². The maximum absolute atomic E-state index is 12.4. The van der Waals surface area contributed by atoms with E-state index in [1.165, 1.54) is 11.7 Å². The molecule has 0 fully saturated rings. The molecule has 1 aromatic heterocycles. The first kappa shape index (κ1) is 13.4. The average Bonchev–Trinajstić information content (AvgIpc) is 2.33. The Labute approximate surface area is 110 Å². The van der Waals surface area contributed by atoms with Gasteiger partial charge in [0.15, 0.2) is 0 Å². The second-order valence-corrected chi connectivity index (χ2v) is 5.76. The lowest BCUT2D eigenvalue weighted by Gasteiger charge is -2.19. The lowest BCUT2D eigenvalue weighted by atomic mass is 9.97. The largest absolute Gasteiger partial charge is 0.495 e. The van der Waals surface area contributed by atoms with Crippen molar-refractivity contribution in [3.63, 3.8) is 0 Å². The van der Waals surface area contributed by atoms with Crippen molar-refractivity contribution < 1.29 is 4.74 Å². The number of fused-ring (bicyclic) bond motifs is 1. The zero-order valence-electron chi connectivity index (χ0n) is 11.6. The molecular weight excluding hydrogens is 244 g/mol. The minimum atomic E-state index is -0.406. The van der Waals surface area contributed by atoms with Crippen LogP contribution in [0.3, 0.4) is 0 Å². The number of ether oxygens (including phenoxy) is 1. The molecule has 0 aliphatic heterocycles. The minimum absolute atomic E-state index is 0.149. The fourth-order valence-electron chi connectivity index (χ4n) is 2.04. The summed E-state index contributed by atoms with van der Waals surface area (Å²) in [6.45, 7) is 6.31. The molecule has 2 rings (SSSR count). The number of rotatable bonds is 2.